The number of aliphatic hydroxyl groups is 1. The summed E-state index contributed by atoms with van der Waals surface area (Å²) in [5, 5.41) is 15.5. The van der Waals surface area contributed by atoms with Crippen molar-refractivity contribution >= 4 is 23.5 Å². The van der Waals surface area contributed by atoms with Gasteiger partial charge >= 0.3 is 0 Å². The summed E-state index contributed by atoms with van der Waals surface area (Å²) in [7, 11) is 0. The lowest BCUT2D eigenvalue weighted by Crippen LogP contribution is -2.19. The van der Waals surface area contributed by atoms with Crippen LogP contribution >= 0.6 is 11.6 Å². The molecule has 0 bridgehead atoms. The summed E-state index contributed by atoms with van der Waals surface area (Å²) in [6.07, 6.45) is 4.09. The van der Waals surface area contributed by atoms with Crippen molar-refractivity contribution < 1.29 is 5.11 Å². The molecule has 0 aromatic carbocycles. The van der Waals surface area contributed by atoms with Crippen LogP contribution in [0.2, 0.25) is 5.28 Å². The number of nitrogens with one attached hydrogen (secondary N) is 2. The van der Waals surface area contributed by atoms with Crippen molar-refractivity contribution in [3.63, 3.8) is 0 Å². The summed E-state index contributed by atoms with van der Waals surface area (Å²) in [4.78, 5) is 12.4. The van der Waals surface area contributed by atoms with Gasteiger partial charge in [-0.2, -0.15) is 15.0 Å². The molecule has 19 heavy (non-hydrogen) atoms. The van der Waals surface area contributed by atoms with E-state index in [2.05, 4.69) is 32.5 Å². The first kappa shape index (κ1) is 14.3. The fourth-order valence-electron chi connectivity index (χ4n) is 1.94. The lowest BCUT2D eigenvalue weighted by Gasteiger charge is -2.14. The normalized spacial score (nSPS) is 16.2. The van der Waals surface area contributed by atoms with Crippen molar-refractivity contribution in [3.05, 3.63) is 5.28 Å². The number of anilines is 2. The molecule has 106 valence electrons. The molecule has 0 atom stereocenters. The van der Waals surface area contributed by atoms with Gasteiger partial charge in [0.05, 0.1) is 0 Å². The predicted molar refractivity (Wildman–Crippen MR) is 75.5 cm³/mol. The van der Waals surface area contributed by atoms with E-state index in [4.69, 9.17) is 16.7 Å². The Kier molecular flexibility index (Phi) is 4.76. The quantitative estimate of drug-likeness (QED) is 0.677. The summed E-state index contributed by atoms with van der Waals surface area (Å²) < 4.78 is 0. The summed E-state index contributed by atoms with van der Waals surface area (Å²) in [5.41, 5.74) is 0.213. The third-order valence-corrected chi connectivity index (χ3v) is 3.53. The van der Waals surface area contributed by atoms with Gasteiger partial charge in [0, 0.05) is 19.7 Å². The SMILES string of the molecule is CCCNc1nc(Cl)nc(NCC2(CCO)CC2)n1. The second-order valence-electron chi connectivity index (χ2n) is 5.01. The smallest absolute Gasteiger partial charge is 0.228 e. The van der Waals surface area contributed by atoms with Crippen LogP contribution < -0.4 is 10.6 Å². The van der Waals surface area contributed by atoms with Crippen LogP contribution in [-0.4, -0.2) is 39.8 Å². The van der Waals surface area contributed by atoms with Crippen LogP contribution in [0.15, 0.2) is 0 Å². The standard InChI is InChI=1S/C12H20ClN5O/c1-2-6-14-10-16-9(13)17-11(18-10)15-8-12(3-4-12)5-7-19/h19H,2-8H2,1H3,(H2,14,15,16,17,18). The summed E-state index contributed by atoms with van der Waals surface area (Å²) >= 11 is 5.87. The third-order valence-electron chi connectivity index (χ3n) is 3.36. The van der Waals surface area contributed by atoms with Gasteiger partial charge in [0.1, 0.15) is 0 Å². The second-order valence-corrected chi connectivity index (χ2v) is 5.34. The Labute approximate surface area is 118 Å². The molecular formula is C12H20ClN5O. The minimum Gasteiger partial charge on any atom is -0.396 e. The Bertz CT molecular complexity index is 425. The van der Waals surface area contributed by atoms with E-state index in [1.807, 2.05) is 0 Å². The van der Waals surface area contributed by atoms with Crippen LogP contribution in [0.1, 0.15) is 32.6 Å². The number of hydrogen-bond donors (Lipinski definition) is 3. The van der Waals surface area contributed by atoms with Crippen molar-refractivity contribution in [1.82, 2.24) is 15.0 Å². The number of aromatic nitrogens is 3. The van der Waals surface area contributed by atoms with Gasteiger partial charge in [-0.25, -0.2) is 0 Å². The van der Waals surface area contributed by atoms with Crippen molar-refractivity contribution in [1.29, 1.82) is 0 Å². The molecule has 7 heteroatoms. The zero-order valence-electron chi connectivity index (χ0n) is 11.1. The van der Waals surface area contributed by atoms with Crippen molar-refractivity contribution in [2.75, 3.05) is 30.3 Å². The van der Waals surface area contributed by atoms with Gasteiger partial charge in [0.2, 0.25) is 17.2 Å². The average molecular weight is 286 g/mol. The molecule has 0 radical (unpaired) electrons. The maximum absolute atomic E-state index is 9.02. The van der Waals surface area contributed by atoms with E-state index >= 15 is 0 Å². The van der Waals surface area contributed by atoms with Gasteiger partial charge in [-0.05, 0) is 42.7 Å². The Hall–Kier alpha value is -1.14. The monoisotopic (exact) mass is 285 g/mol. The van der Waals surface area contributed by atoms with Gasteiger partial charge in [-0.1, -0.05) is 6.92 Å². The molecule has 1 aromatic heterocycles. The highest BCUT2D eigenvalue weighted by Gasteiger charge is 2.41. The van der Waals surface area contributed by atoms with E-state index < -0.39 is 0 Å². The molecule has 1 aromatic rings. The number of rotatable bonds is 8. The van der Waals surface area contributed by atoms with E-state index in [0.717, 1.165) is 38.8 Å². The Balaban J connectivity index is 1.94. The zero-order valence-corrected chi connectivity index (χ0v) is 11.9. The molecule has 1 fully saturated rings. The van der Waals surface area contributed by atoms with Gasteiger partial charge in [-0.15, -0.1) is 0 Å². The van der Waals surface area contributed by atoms with Gasteiger partial charge in [-0.3, -0.25) is 0 Å². The highest BCUT2D eigenvalue weighted by Crippen LogP contribution is 2.48. The minimum absolute atomic E-state index is 0.183. The molecule has 0 unspecified atom stereocenters. The largest absolute Gasteiger partial charge is 0.396 e. The predicted octanol–water partition coefficient (Wildman–Crippen LogP) is 1.92. The fraction of sp³-hybridized carbons (Fsp3) is 0.750. The summed E-state index contributed by atoms with van der Waals surface area (Å²) in [6.45, 7) is 3.86. The Morgan fingerprint density at radius 3 is 2.47 bits per heavy atom. The highest BCUT2D eigenvalue weighted by molar-refractivity contribution is 6.28. The molecule has 1 aliphatic rings. The molecule has 0 aliphatic heterocycles. The molecule has 1 aliphatic carbocycles. The second kappa shape index (κ2) is 6.34. The van der Waals surface area contributed by atoms with Crippen LogP contribution in [0.3, 0.4) is 0 Å². The first-order valence-electron chi connectivity index (χ1n) is 6.68. The summed E-state index contributed by atoms with van der Waals surface area (Å²) in [6, 6.07) is 0. The van der Waals surface area contributed by atoms with Crippen LogP contribution in [0, 0.1) is 5.41 Å². The van der Waals surface area contributed by atoms with Crippen LogP contribution in [0.25, 0.3) is 0 Å². The topological polar surface area (TPSA) is 83.0 Å². The van der Waals surface area contributed by atoms with Gasteiger partial charge in [0.25, 0.3) is 0 Å². The first-order valence-corrected chi connectivity index (χ1v) is 7.05. The van der Waals surface area contributed by atoms with Crippen molar-refractivity contribution in [2.45, 2.75) is 32.6 Å². The molecule has 6 nitrogen and oxygen atoms in total. The Morgan fingerprint density at radius 1 is 1.21 bits per heavy atom. The van der Waals surface area contributed by atoms with E-state index in [1.165, 1.54) is 0 Å². The molecular weight excluding hydrogens is 266 g/mol. The number of nitrogens with zero attached hydrogens (tertiary/aromatic N) is 3. The van der Waals surface area contributed by atoms with Crippen LogP contribution in [0.4, 0.5) is 11.9 Å². The average Bonchev–Trinajstić information content (AvgIpc) is 3.14. The molecule has 0 amide bonds. The molecule has 0 saturated heterocycles. The summed E-state index contributed by atoms with van der Waals surface area (Å²) in [5.74, 6) is 0.985. The number of aliphatic hydroxyl groups excluding tert-OH is 1. The van der Waals surface area contributed by atoms with E-state index in [-0.39, 0.29) is 17.3 Å². The van der Waals surface area contributed by atoms with E-state index in [1.54, 1.807) is 0 Å². The maximum Gasteiger partial charge on any atom is 0.228 e. The van der Waals surface area contributed by atoms with Gasteiger partial charge in [0.15, 0.2) is 0 Å². The van der Waals surface area contributed by atoms with E-state index in [0.29, 0.717) is 11.9 Å². The first-order chi connectivity index (χ1) is 9.17. The van der Waals surface area contributed by atoms with Gasteiger partial charge < -0.3 is 15.7 Å². The molecule has 1 saturated carbocycles. The maximum atomic E-state index is 9.02. The number of halogens is 1. The molecule has 2 rings (SSSR count). The lowest BCUT2D eigenvalue weighted by atomic mass is 10.0. The highest BCUT2D eigenvalue weighted by atomic mass is 35.5. The third kappa shape index (κ3) is 4.18. The van der Waals surface area contributed by atoms with Crippen LogP contribution in [-0.2, 0) is 0 Å². The Morgan fingerprint density at radius 2 is 1.89 bits per heavy atom. The van der Waals surface area contributed by atoms with E-state index in [9.17, 15) is 0 Å². The minimum atomic E-state index is 0.183. The molecule has 0 spiro atoms. The molecule has 3 N–H and O–H groups in total. The fourth-order valence-corrected chi connectivity index (χ4v) is 2.10. The van der Waals surface area contributed by atoms with Crippen LogP contribution in [0.5, 0.6) is 0 Å². The number of hydrogen-bond acceptors (Lipinski definition) is 6. The lowest BCUT2D eigenvalue weighted by molar-refractivity contribution is 0.253. The van der Waals surface area contributed by atoms with Crippen molar-refractivity contribution in [2.24, 2.45) is 5.41 Å². The zero-order chi connectivity index (χ0) is 13.7. The van der Waals surface area contributed by atoms with Crippen molar-refractivity contribution in [3.8, 4) is 0 Å². The molecule has 1 heterocycles.